The molecule has 1 atom stereocenters. The summed E-state index contributed by atoms with van der Waals surface area (Å²) in [5.74, 6) is 0.376. The molecule has 1 aliphatic heterocycles. The fraction of sp³-hybridized carbons (Fsp3) is 0.263. The van der Waals surface area contributed by atoms with Gasteiger partial charge in [-0.15, -0.1) is 0 Å². The van der Waals surface area contributed by atoms with Gasteiger partial charge in [-0.25, -0.2) is 0 Å². The van der Waals surface area contributed by atoms with Crippen LogP contribution in [0.3, 0.4) is 0 Å². The van der Waals surface area contributed by atoms with Crippen LogP contribution in [0.2, 0.25) is 0 Å². The molecular weight excluding hydrogens is 320 g/mol. The molecule has 0 spiro atoms. The number of ether oxygens (including phenoxy) is 1. The molecule has 0 bridgehead atoms. The number of carbonyl (C=O) groups excluding carboxylic acids is 2. The Morgan fingerprint density at radius 2 is 1.88 bits per heavy atom. The Morgan fingerprint density at radius 1 is 1.20 bits per heavy atom. The number of carbonyl (C=O) groups is 2. The molecule has 2 aromatic rings. The number of phenols is 1. The van der Waals surface area contributed by atoms with E-state index in [4.69, 9.17) is 4.74 Å². The molecule has 0 aliphatic carbocycles. The first-order valence-electron chi connectivity index (χ1n) is 8.04. The average Bonchev–Trinajstić information content (AvgIpc) is 2.60. The molecule has 130 valence electrons. The van der Waals surface area contributed by atoms with Gasteiger partial charge in [-0.2, -0.15) is 0 Å². The molecule has 1 heterocycles. The standard InChI is InChI=1S/C19H20N2O4/c1-13-19(24)21(16-5-3-4-6-17(16)25-13)12-18(23)20(2)11-14-7-9-15(22)10-8-14/h3-10,13,22H,11-12H2,1-2H3/t13-/m0/s1. The molecule has 25 heavy (non-hydrogen) atoms. The van der Waals surface area contributed by atoms with E-state index in [1.54, 1.807) is 55.3 Å². The first kappa shape index (κ1) is 16.8. The zero-order valence-corrected chi connectivity index (χ0v) is 14.2. The number of rotatable bonds is 4. The van der Waals surface area contributed by atoms with E-state index in [0.717, 1.165) is 5.56 Å². The summed E-state index contributed by atoms with van der Waals surface area (Å²) in [4.78, 5) is 28.1. The highest BCUT2D eigenvalue weighted by molar-refractivity contribution is 6.03. The van der Waals surface area contributed by atoms with E-state index in [2.05, 4.69) is 0 Å². The second-order valence-electron chi connectivity index (χ2n) is 6.07. The van der Waals surface area contributed by atoms with Crippen LogP contribution in [0.4, 0.5) is 5.69 Å². The summed E-state index contributed by atoms with van der Waals surface area (Å²) in [6, 6.07) is 13.9. The van der Waals surface area contributed by atoms with E-state index >= 15 is 0 Å². The van der Waals surface area contributed by atoms with Crippen molar-refractivity contribution in [1.82, 2.24) is 4.90 Å². The van der Waals surface area contributed by atoms with E-state index in [1.807, 2.05) is 12.1 Å². The summed E-state index contributed by atoms with van der Waals surface area (Å²) in [5.41, 5.74) is 1.51. The Labute approximate surface area is 146 Å². The summed E-state index contributed by atoms with van der Waals surface area (Å²) in [6.45, 7) is 2.03. The van der Waals surface area contributed by atoms with Crippen molar-refractivity contribution >= 4 is 17.5 Å². The van der Waals surface area contributed by atoms with Crippen molar-refractivity contribution in [1.29, 1.82) is 0 Å². The highest BCUT2D eigenvalue weighted by atomic mass is 16.5. The number of likely N-dealkylation sites (N-methyl/N-ethyl adjacent to an activating group) is 1. The summed E-state index contributed by atoms with van der Waals surface area (Å²) >= 11 is 0. The number of fused-ring (bicyclic) bond motifs is 1. The maximum absolute atomic E-state index is 12.6. The number of amides is 2. The van der Waals surface area contributed by atoms with Gasteiger partial charge in [0.1, 0.15) is 18.0 Å². The summed E-state index contributed by atoms with van der Waals surface area (Å²) in [7, 11) is 1.69. The molecule has 2 amide bonds. The molecule has 3 rings (SSSR count). The van der Waals surface area contributed by atoms with Gasteiger partial charge in [-0.3, -0.25) is 14.5 Å². The SMILES string of the molecule is C[C@@H]1Oc2ccccc2N(CC(=O)N(C)Cc2ccc(O)cc2)C1=O. The van der Waals surface area contributed by atoms with Gasteiger partial charge in [0.25, 0.3) is 5.91 Å². The molecule has 6 nitrogen and oxygen atoms in total. The molecule has 0 aromatic heterocycles. The smallest absolute Gasteiger partial charge is 0.268 e. The van der Waals surface area contributed by atoms with Crippen LogP contribution in [-0.4, -0.2) is 41.5 Å². The van der Waals surface area contributed by atoms with Gasteiger partial charge >= 0.3 is 0 Å². The van der Waals surface area contributed by atoms with E-state index < -0.39 is 6.10 Å². The minimum Gasteiger partial charge on any atom is -0.508 e. The van der Waals surface area contributed by atoms with Crippen LogP contribution in [-0.2, 0) is 16.1 Å². The van der Waals surface area contributed by atoms with E-state index in [-0.39, 0.29) is 24.1 Å². The topological polar surface area (TPSA) is 70.1 Å². The molecule has 0 radical (unpaired) electrons. The summed E-state index contributed by atoms with van der Waals surface area (Å²) < 4.78 is 5.58. The maximum Gasteiger partial charge on any atom is 0.268 e. The van der Waals surface area contributed by atoms with Gasteiger partial charge in [0, 0.05) is 13.6 Å². The highest BCUT2D eigenvalue weighted by Gasteiger charge is 2.33. The zero-order valence-electron chi connectivity index (χ0n) is 14.2. The number of anilines is 1. The molecular formula is C19H20N2O4. The van der Waals surface area contributed by atoms with Crippen LogP contribution in [0.15, 0.2) is 48.5 Å². The predicted molar refractivity (Wildman–Crippen MR) is 93.5 cm³/mol. The first-order chi connectivity index (χ1) is 12.0. The highest BCUT2D eigenvalue weighted by Crippen LogP contribution is 2.33. The predicted octanol–water partition coefficient (Wildman–Crippen LogP) is 2.16. The minimum atomic E-state index is -0.620. The van der Waals surface area contributed by atoms with Gasteiger partial charge in [-0.1, -0.05) is 24.3 Å². The molecule has 0 saturated carbocycles. The Hall–Kier alpha value is -3.02. The van der Waals surface area contributed by atoms with Crippen molar-refractivity contribution < 1.29 is 19.4 Å². The lowest BCUT2D eigenvalue weighted by Crippen LogP contribution is -2.48. The van der Waals surface area contributed by atoms with Crippen molar-refractivity contribution in [3.05, 3.63) is 54.1 Å². The second-order valence-corrected chi connectivity index (χ2v) is 6.07. The number of aromatic hydroxyl groups is 1. The number of phenolic OH excluding ortho intramolecular Hbond substituents is 1. The van der Waals surface area contributed by atoms with Crippen molar-refractivity contribution in [2.75, 3.05) is 18.5 Å². The Bertz CT molecular complexity index is 788. The van der Waals surface area contributed by atoms with E-state index in [0.29, 0.717) is 18.0 Å². The Kier molecular flexibility index (Phi) is 4.61. The number of hydrogen-bond acceptors (Lipinski definition) is 4. The molecule has 0 unspecified atom stereocenters. The monoisotopic (exact) mass is 340 g/mol. The van der Waals surface area contributed by atoms with Crippen LogP contribution < -0.4 is 9.64 Å². The van der Waals surface area contributed by atoms with Crippen molar-refractivity contribution in [3.63, 3.8) is 0 Å². The van der Waals surface area contributed by atoms with Gasteiger partial charge in [0.2, 0.25) is 5.91 Å². The third-order valence-corrected chi connectivity index (χ3v) is 4.15. The summed E-state index contributed by atoms with van der Waals surface area (Å²) in [6.07, 6.45) is -0.620. The van der Waals surface area contributed by atoms with E-state index in [9.17, 15) is 14.7 Å². The first-order valence-corrected chi connectivity index (χ1v) is 8.04. The van der Waals surface area contributed by atoms with Gasteiger partial charge in [0.05, 0.1) is 5.69 Å². The van der Waals surface area contributed by atoms with Gasteiger partial charge in [0.15, 0.2) is 6.10 Å². The quantitative estimate of drug-likeness (QED) is 0.926. The normalized spacial score (nSPS) is 16.2. The largest absolute Gasteiger partial charge is 0.508 e. The lowest BCUT2D eigenvalue weighted by Gasteiger charge is -2.33. The van der Waals surface area contributed by atoms with Crippen LogP contribution in [0.25, 0.3) is 0 Å². The fourth-order valence-corrected chi connectivity index (χ4v) is 2.74. The van der Waals surface area contributed by atoms with Crippen LogP contribution in [0.5, 0.6) is 11.5 Å². The number of benzene rings is 2. The maximum atomic E-state index is 12.6. The third-order valence-electron chi connectivity index (χ3n) is 4.15. The van der Waals surface area contributed by atoms with Crippen molar-refractivity contribution in [2.24, 2.45) is 0 Å². The number of hydrogen-bond donors (Lipinski definition) is 1. The Balaban J connectivity index is 1.73. The number of para-hydroxylation sites is 2. The van der Waals surface area contributed by atoms with Crippen LogP contribution in [0, 0.1) is 0 Å². The minimum absolute atomic E-state index is 0.0435. The van der Waals surface area contributed by atoms with Gasteiger partial charge in [-0.05, 0) is 36.8 Å². The molecule has 0 fully saturated rings. The van der Waals surface area contributed by atoms with Crippen LogP contribution >= 0.6 is 0 Å². The fourth-order valence-electron chi connectivity index (χ4n) is 2.74. The molecule has 1 N–H and O–H groups in total. The van der Waals surface area contributed by atoms with Gasteiger partial charge < -0.3 is 14.7 Å². The molecule has 2 aromatic carbocycles. The van der Waals surface area contributed by atoms with Crippen LogP contribution in [0.1, 0.15) is 12.5 Å². The van der Waals surface area contributed by atoms with E-state index in [1.165, 1.54) is 4.90 Å². The average molecular weight is 340 g/mol. The lowest BCUT2D eigenvalue weighted by molar-refractivity contribution is -0.132. The van der Waals surface area contributed by atoms with Crippen molar-refractivity contribution in [3.8, 4) is 11.5 Å². The summed E-state index contributed by atoms with van der Waals surface area (Å²) in [5, 5.41) is 9.33. The molecule has 1 aliphatic rings. The lowest BCUT2D eigenvalue weighted by atomic mass is 10.1. The zero-order chi connectivity index (χ0) is 18.0. The number of nitrogens with zero attached hydrogens (tertiary/aromatic N) is 2. The second kappa shape index (κ2) is 6.84. The Morgan fingerprint density at radius 3 is 2.60 bits per heavy atom. The van der Waals surface area contributed by atoms with Crippen molar-refractivity contribution in [2.45, 2.75) is 19.6 Å². The molecule has 0 saturated heterocycles. The molecule has 6 heteroatoms. The third kappa shape index (κ3) is 3.57.